The molecule has 0 unspecified atom stereocenters. The van der Waals surface area contributed by atoms with E-state index in [1.165, 1.54) is 12.1 Å². The topological polar surface area (TPSA) is 38.1 Å². The molecule has 1 N–H and O–H groups in total. The van der Waals surface area contributed by atoms with Gasteiger partial charge in [-0.25, -0.2) is 9.37 Å². The van der Waals surface area contributed by atoms with Crippen LogP contribution in [0, 0.1) is 5.82 Å². The van der Waals surface area contributed by atoms with Crippen LogP contribution in [0.2, 0.25) is 5.02 Å². The van der Waals surface area contributed by atoms with Gasteiger partial charge in [0, 0.05) is 11.1 Å². The van der Waals surface area contributed by atoms with Crippen molar-refractivity contribution in [2.24, 2.45) is 0 Å². The van der Waals surface area contributed by atoms with E-state index in [1.807, 2.05) is 0 Å². The molecule has 0 radical (unpaired) electrons. The lowest BCUT2D eigenvalue weighted by atomic mass is 10.1. The van der Waals surface area contributed by atoms with Crippen molar-refractivity contribution in [2.75, 3.05) is 0 Å². The van der Waals surface area contributed by atoms with Gasteiger partial charge < -0.3 is 9.73 Å². The molecule has 0 amide bonds. The Kier molecular flexibility index (Phi) is 3.92. The van der Waals surface area contributed by atoms with E-state index in [0.29, 0.717) is 23.8 Å². The maximum Gasteiger partial charge on any atom is 0.208 e. The quantitative estimate of drug-likeness (QED) is 0.924. The predicted molar refractivity (Wildman–Crippen MR) is 73.5 cm³/mol. The minimum absolute atomic E-state index is 0.0129. The second-order valence-corrected chi connectivity index (χ2v) is 5.76. The Morgan fingerprint density at radius 2 is 2.11 bits per heavy atom. The van der Waals surface area contributed by atoms with Gasteiger partial charge in [0.1, 0.15) is 5.82 Å². The second kappa shape index (κ2) is 5.31. The van der Waals surface area contributed by atoms with Gasteiger partial charge in [-0.1, -0.05) is 11.6 Å². The van der Waals surface area contributed by atoms with Crippen molar-refractivity contribution in [1.29, 1.82) is 0 Å². The molecule has 0 aliphatic carbocycles. The third kappa shape index (κ3) is 3.78. The molecule has 0 aliphatic heterocycles. The molecule has 1 aromatic carbocycles. The predicted octanol–water partition coefficient (Wildman–Crippen LogP) is 4.02. The van der Waals surface area contributed by atoms with E-state index in [1.54, 1.807) is 12.3 Å². The number of aromatic nitrogens is 1. The van der Waals surface area contributed by atoms with Gasteiger partial charge in [-0.2, -0.15) is 0 Å². The molecule has 102 valence electrons. The van der Waals surface area contributed by atoms with Gasteiger partial charge in [-0.3, -0.25) is 0 Å². The maximum absolute atomic E-state index is 13.4. The molecule has 1 heterocycles. The average molecular weight is 283 g/mol. The first-order chi connectivity index (χ1) is 8.85. The van der Waals surface area contributed by atoms with Gasteiger partial charge in [0.15, 0.2) is 5.76 Å². The zero-order valence-corrected chi connectivity index (χ0v) is 11.9. The zero-order valence-electron chi connectivity index (χ0n) is 11.1. The summed E-state index contributed by atoms with van der Waals surface area (Å²) in [7, 11) is 0. The summed E-state index contributed by atoms with van der Waals surface area (Å²) in [6.45, 7) is 6.71. The summed E-state index contributed by atoms with van der Waals surface area (Å²) in [6, 6.07) is 4.54. The summed E-state index contributed by atoms with van der Waals surface area (Å²) < 4.78 is 18.9. The maximum atomic E-state index is 13.4. The molecular formula is C14H16ClFN2O. The van der Waals surface area contributed by atoms with Crippen molar-refractivity contribution in [2.45, 2.75) is 32.9 Å². The van der Waals surface area contributed by atoms with Gasteiger partial charge >= 0.3 is 0 Å². The van der Waals surface area contributed by atoms with Crippen LogP contribution in [-0.2, 0) is 6.54 Å². The first-order valence-corrected chi connectivity index (χ1v) is 6.38. The van der Waals surface area contributed by atoms with Gasteiger partial charge in [0.05, 0.1) is 17.8 Å². The van der Waals surface area contributed by atoms with E-state index in [4.69, 9.17) is 16.0 Å². The van der Waals surface area contributed by atoms with Crippen LogP contribution in [0.3, 0.4) is 0 Å². The van der Waals surface area contributed by atoms with Crippen molar-refractivity contribution >= 4 is 11.6 Å². The summed E-state index contributed by atoms with van der Waals surface area (Å²) >= 11 is 5.64. The van der Waals surface area contributed by atoms with Crippen molar-refractivity contribution in [3.8, 4) is 11.3 Å². The van der Waals surface area contributed by atoms with Crippen molar-refractivity contribution in [3.63, 3.8) is 0 Å². The normalized spacial score (nSPS) is 11.8. The third-order valence-electron chi connectivity index (χ3n) is 2.53. The fourth-order valence-electron chi connectivity index (χ4n) is 1.52. The SMILES string of the molecule is CC(C)(C)NCc1ncc(-c2ccc(Cl)c(F)c2)o1. The Labute approximate surface area is 116 Å². The van der Waals surface area contributed by atoms with E-state index in [-0.39, 0.29) is 10.6 Å². The largest absolute Gasteiger partial charge is 0.439 e. The fourth-order valence-corrected chi connectivity index (χ4v) is 1.63. The highest BCUT2D eigenvalue weighted by molar-refractivity contribution is 6.30. The van der Waals surface area contributed by atoms with Crippen LogP contribution in [-0.4, -0.2) is 10.5 Å². The number of halogens is 2. The van der Waals surface area contributed by atoms with Crippen LogP contribution in [0.4, 0.5) is 4.39 Å². The molecule has 1 aromatic heterocycles. The van der Waals surface area contributed by atoms with Gasteiger partial charge in [0.2, 0.25) is 5.89 Å². The summed E-state index contributed by atoms with van der Waals surface area (Å²) in [5, 5.41) is 3.37. The molecule has 2 rings (SSSR count). The molecular weight excluding hydrogens is 267 g/mol. The molecule has 19 heavy (non-hydrogen) atoms. The standard InChI is InChI=1S/C14H16ClFN2O/c1-14(2,3)18-8-13-17-7-12(19-13)9-4-5-10(15)11(16)6-9/h4-7,18H,8H2,1-3H3. The summed E-state index contributed by atoms with van der Waals surface area (Å²) in [6.07, 6.45) is 1.59. The van der Waals surface area contributed by atoms with Crippen LogP contribution in [0.5, 0.6) is 0 Å². The highest BCUT2D eigenvalue weighted by Gasteiger charge is 2.12. The van der Waals surface area contributed by atoms with E-state index in [2.05, 4.69) is 31.1 Å². The number of hydrogen-bond donors (Lipinski definition) is 1. The van der Waals surface area contributed by atoms with Gasteiger partial charge in [-0.05, 0) is 39.0 Å². The Hall–Kier alpha value is -1.39. The Morgan fingerprint density at radius 1 is 1.37 bits per heavy atom. The molecule has 5 heteroatoms. The number of nitrogens with one attached hydrogen (secondary N) is 1. The lowest BCUT2D eigenvalue weighted by molar-refractivity contribution is 0.383. The van der Waals surface area contributed by atoms with Gasteiger partial charge in [-0.15, -0.1) is 0 Å². The van der Waals surface area contributed by atoms with Crippen molar-refractivity contribution < 1.29 is 8.81 Å². The zero-order chi connectivity index (χ0) is 14.0. The Balaban J connectivity index is 2.14. The fraction of sp³-hybridized carbons (Fsp3) is 0.357. The van der Waals surface area contributed by atoms with Crippen LogP contribution in [0.15, 0.2) is 28.8 Å². The molecule has 0 spiro atoms. The van der Waals surface area contributed by atoms with E-state index < -0.39 is 5.82 Å². The molecule has 3 nitrogen and oxygen atoms in total. The van der Waals surface area contributed by atoms with E-state index >= 15 is 0 Å². The van der Waals surface area contributed by atoms with Crippen LogP contribution in [0.25, 0.3) is 11.3 Å². The summed E-state index contributed by atoms with van der Waals surface area (Å²) in [5.41, 5.74) is 0.609. The average Bonchev–Trinajstić information content (AvgIpc) is 2.78. The van der Waals surface area contributed by atoms with Crippen LogP contribution >= 0.6 is 11.6 Å². The number of benzene rings is 1. The summed E-state index contributed by atoms with van der Waals surface area (Å²) in [5.74, 6) is 0.631. The molecule has 0 atom stereocenters. The number of hydrogen-bond acceptors (Lipinski definition) is 3. The van der Waals surface area contributed by atoms with E-state index in [0.717, 1.165) is 0 Å². The van der Waals surface area contributed by atoms with Crippen molar-refractivity contribution in [3.05, 3.63) is 41.1 Å². The highest BCUT2D eigenvalue weighted by atomic mass is 35.5. The molecule has 0 aliphatic rings. The molecule has 2 aromatic rings. The van der Waals surface area contributed by atoms with Crippen LogP contribution in [0.1, 0.15) is 26.7 Å². The molecule has 0 fully saturated rings. The third-order valence-corrected chi connectivity index (χ3v) is 2.83. The first-order valence-electron chi connectivity index (χ1n) is 6.00. The highest BCUT2D eigenvalue weighted by Crippen LogP contribution is 2.24. The van der Waals surface area contributed by atoms with E-state index in [9.17, 15) is 4.39 Å². The van der Waals surface area contributed by atoms with Gasteiger partial charge in [0.25, 0.3) is 0 Å². The number of nitrogens with zero attached hydrogens (tertiary/aromatic N) is 1. The minimum Gasteiger partial charge on any atom is -0.439 e. The van der Waals surface area contributed by atoms with Crippen molar-refractivity contribution in [1.82, 2.24) is 10.3 Å². The molecule has 0 saturated carbocycles. The number of oxazole rings is 1. The summed E-state index contributed by atoms with van der Waals surface area (Å²) in [4.78, 5) is 4.16. The minimum atomic E-state index is -0.468. The second-order valence-electron chi connectivity index (χ2n) is 5.35. The first kappa shape index (κ1) is 14.0. The Morgan fingerprint density at radius 3 is 2.74 bits per heavy atom. The Bertz CT molecular complexity index is 575. The lowest BCUT2D eigenvalue weighted by Crippen LogP contribution is -2.35. The van der Waals surface area contributed by atoms with Crippen LogP contribution < -0.4 is 5.32 Å². The monoisotopic (exact) mass is 282 g/mol. The molecule has 0 saturated heterocycles. The smallest absolute Gasteiger partial charge is 0.208 e. The molecule has 0 bridgehead atoms. The lowest BCUT2D eigenvalue weighted by Gasteiger charge is -2.18. The number of rotatable bonds is 3.